The Morgan fingerprint density at radius 3 is 2.73 bits per heavy atom. The molecule has 0 aromatic heterocycles. The normalized spacial score (nSPS) is 12.2. The standard InChI is InChI=1S/C18H16ClN3O4/c19-13-2-1-3-14(9-13)21-17(23)6-7-18(24)22-20-10-12-4-5-15-16(8-12)26-11-25-15/h1-5,8-10H,6-7,11H2,(H,21,23)(H,22,24)/b20-10+. The molecule has 0 fully saturated rings. The lowest BCUT2D eigenvalue weighted by molar-refractivity contribution is -0.124. The van der Waals surface area contributed by atoms with Crippen molar-refractivity contribution in [3.05, 3.63) is 53.1 Å². The molecule has 0 saturated heterocycles. The van der Waals surface area contributed by atoms with Crippen molar-refractivity contribution in [1.82, 2.24) is 5.43 Å². The van der Waals surface area contributed by atoms with Gasteiger partial charge in [0.25, 0.3) is 0 Å². The first kappa shape index (κ1) is 17.8. The van der Waals surface area contributed by atoms with E-state index in [2.05, 4.69) is 15.8 Å². The van der Waals surface area contributed by atoms with Gasteiger partial charge in [-0.15, -0.1) is 0 Å². The minimum absolute atomic E-state index is 0.0187. The van der Waals surface area contributed by atoms with Crippen LogP contribution in [0.25, 0.3) is 0 Å². The summed E-state index contributed by atoms with van der Waals surface area (Å²) >= 11 is 5.85. The number of anilines is 1. The average Bonchev–Trinajstić information content (AvgIpc) is 3.08. The predicted octanol–water partition coefficient (Wildman–Crippen LogP) is 2.94. The largest absolute Gasteiger partial charge is 0.454 e. The number of carbonyl (C=O) groups is 2. The number of carbonyl (C=O) groups excluding carboxylic acids is 2. The van der Waals surface area contributed by atoms with Gasteiger partial charge in [-0.3, -0.25) is 9.59 Å². The highest BCUT2D eigenvalue weighted by molar-refractivity contribution is 6.30. The van der Waals surface area contributed by atoms with Crippen molar-refractivity contribution in [2.45, 2.75) is 12.8 Å². The fourth-order valence-electron chi connectivity index (χ4n) is 2.24. The molecule has 0 saturated carbocycles. The number of nitrogens with one attached hydrogen (secondary N) is 2. The lowest BCUT2D eigenvalue weighted by Gasteiger charge is -2.05. The lowest BCUT2D eigenvalue weighted by Crippen LogP contribution is -2.20. The number of fused-ring (bicyclic) bond motifs is 1. The molecule has 2 aromatic carbocycles. The Morgan fingerprint density at radius 1 is 1.08 bits per heavy atom. The van der Waals surface area contributed by atoms with Crippen molar-refractivity contribution in [2.75, 3.05) is 12.1 Å². The quantitative estimate of drug-likeness (QED) is 0.601. The lowest BCUT2D eigenvalue weighted by atomic mass is 10.2. The maximum absolute atomic E-state index is 11.8. The number of hydrazone groups is 1. The molecule has 134 valence electrons. The van der Waals surface area contributed by atoms with E-state index in [1.807, 2.05) is 0 Å². The van der Waals surface area contributed by atoms with Crippen molar-refractivity contribution in [3.63, 3.8) is 0 Å². The van der Waals surface area contributed by atoms with E-state index < -0.39 is 0 Å². The van der Waals surface area contributed by atoms with Crippen LogP contribution < -0.4 is 20.2 Å². The van der Waals surface area contributed by atoms with E-state index in [-0.39, 0.29) is 31.4 Å². The van der Waals surface area contributed by atoms with E-state index in [0.717, 1.165) is 5.56 Å². The first-order chi connectivity index (χ1) is 12.6. The van der Waals surface area contributed by atoms with E-state index in [1.165, 1.54) is 6.21 Å². The fourth-order valence-corrected chi connectivity index (χ4v) is 2.44. The third kappa shape index (κ3) is 4.97. The second kappa shape index (κ2) is 8.35. The molecular weight excluding hydrogens is 358 g/mol. The van der Waals surface area contributed by atoms with E-state index in [4.69, 9.17) is 21.1 Å². The second-order valence-electron chi connectivity index (χ2n) is 5.46. The average molecular weight is 374 g/mol. The Morgan fingerprint density at radius 2 is 1.88 bits per heavy atom. The monoisotopic (exact) mass is 373 g/mol. The highest BCUT2D eigenvalue weighted by Gasteiger charge is 2.12. The van der Waals surface area contributed by atoms with Crippen molar-refractivity contribution in [3.8, 4) is 11.5 Å². The zero-order valence-electron chi connectivity index (χ0n) is 13.7. The minimum atomic E-state index is -0.358. The van der Waals surface area contributed by atoms with E-state index in [9.17, 15) is 9.59 Å². The van der Waals surface area contributed by atoms with Crippen molar-refractivity contribution >= 4 is 35.3 Å². The number of amides is 2. The topological polar surface area (TPSA) is 89.0 Å². The maximum Gasteiger partial charge on any atom is 0.240 e. The summed E-state index contributed by atoms with van der Waals surface area (Å²) in [4.78, 5) is 23.6. The van der Waals surface area contributed by atoms with E-state index >= 15 is 0 Å². The van der Waals surface area contributed by atoms with E-state index in [0.29, 0.717) is 22.2 Å². The fraction of sp³-hybridized carbons (Fsp3) is 0.167. The van der Waals surface area contributed by atoms with Gasteiger partial charge in [0.05, 0.1) is 6.21 Å². The van der Waals surface area contributed by atoms with Crippen molar-refractivity contribution < 1.29 is 19.1 Å². The Hall–Kier alpha value is -3.06. The molecule has 0 bridgehead atoms. The van der Waals surface area contributed by atoms with Gasteiger partial charge in [0.1, 0.15) is 0 Å². The minimum Gasteiger partial charge on any atom is -0.454 e. The summed E-state index contributed by atoms with van der Waals surface area (Å²) in [6.45, 7) is 0.198. The summed E-state index contributed by atoms with van der Waals surface area (Å²) in [5, 5.41) is 7.07. The van der Waals surface area contributed by atoms with Gasteiger partial charge in [0.2, 0.25) is 18.6 Å². The number of hydrogen-bond acceptors (Lipinski definition) is 5. The molecule has 1 heterocycles. The van der Waals surface area contributed by atoms with Gasteiger partial charge in [-0.1, -0.05) is 17.7 Å². The molecule has 26 heavy (non-hydrogen) atoms. The zero-order valence-corrected chi connectivity index (χ0v) is 14.5. The van der Waals surface area contributed by atoms with Crippen LogP contribution >= 0.6 is 11.6 Å². The van der Waals surface area contributed by atoms with Crippen molar-refractivity contribution in [1.29, 1.82) is 0 Å². The number of ether oxygens (including phenoxy) is 2. The number of rotatable bonds is 6. The molecular formula is C18H16ClN3O4. The summed E-state index contributed by atoms with van der Waals surface area (Å²) in [6, 6.07) is 12.1. The van der Waals surface area contributed by atoms with Gasteiger partial charge in [-0.2, -0.15) is 5.10 Å². The van der Waals surface area contributed by atoms with Crippen LogP contribution in [0.15, 0.2) is 47.6 Å². The summed E-state index contributed by atoms with van der Waals surface area (Å²) in [7, 11) is 0. The van der Waals surface area contributed by atoms with Gasteiger partial charge >= 0.3 is 0 Å². The molecule has 0 atom stereocenters. The number of benzene rings is 2. The Kier molecular flexibility index (Phi) is 5.70. The summed E-state index contributed by atoms with van der Waals surface area (Å²) < 4.78 is 10.5. The van der Waals surface area contributed by atoms with Gasteiger partial charge < -0.3 is 14.8 Å². The third-order valence-electron chi connectivity index (χ3n) is 3.49. The van der Waals surface area contributed by atoms with E-state index in [1.54, 1.807) is 42.5 Å². The molecule has 3 rings (SSSR count). The van der Waals surface area contributed by atoms with Crippen LogP contribution in [0.1, 0.15) is 18.4 Å². The van der Waals surface area contributed by atoms with Gasteiger partial charge in [0, 0.05) is 23.6 Å². The molecule has 8 heteroatoms. The molecule has 0 unspecified atom stereocenters. The molecule has 1 aliphatic heterocycles. The van der Waals surface area contributed by atoms with Crippen LogP contribution in [0.3, 0.4) is 0 Å². The first-order valence-electron chi connectivity index (χ1n) is 7.87. The van der Waals surface area contributed by atoms with Crippen LogP contribution in [-0.2, 0) is 9.59 Å². The Balaban J connectivity index is 1.42. The second-order valence-corrected chi connectivity index (χ2v) is 5.90. The van der Waals surface area contributed by atoms with Gasteiger partial charge in [0.15, 0.2) is 11.5 Å². The summed E-state index contributed by atoms with van der Waals surface area (Å²) in [6.07, 6.45) is 1.55. The van der Waals surface area contributed by atoms with Crippen LogP contribution in [0, 0.1) is 0 Å². The van der Waals surface area contributed by atoms with Crippen LogP contribution in [0.5, 0.6) is 11.5 Å². The Labute approximate surface area is 154 Å². The van der Waals surface area contributed by atoms with Gasteiger partial charge in [-0.25, -0.2) is 5.43 Å². The summed E-state index contributed by atoms with van der Waals surface area (Å²) in [5.74, 6) is 0.681. The first-order valence-corrected chi connectivity index (χ1v) is 8.25. The predicted molar refractivity (Wildman–Crippen MR) is 97.6 cm³/mol. The SMILES string of the molecule is O=C(CCC(=O)Nc1cccc(Cl)c1)N/N=C/c1ccc2c(c1)OCO2. The third-order valence-corrected chi connectivity index (χ3v) is 3.72. The highest BCUT2D eigenvalue weighted by atomic mass is 35.5. The molecule has 2 aromatic rings. The molecule has 0 spiro atoms. The van der Waals surface area contributed by atoms with Crippen LogP contribution in [-0.4, -0.2) is 24.8 Å². The molecule has 2 amide bonds. The van der Waals surface area contributed by atoms with Crippen LogP contribution in [0.2, 0.25) is 5.02 Å². The smallest absolute Gasteiger partial charge is 0.240 e. The number of hydrogen-bond donors (Lipinski definition) is 2. The Bertz CT molecular complexity index is 854. The molecule has 7 nitrogen and oxygen atoms in total. The molecule has 0 aliphatic carbocycles. The number of halogens is 1. The van der Waals surface area contributed by atoms with Gasteiger partial charge in [-0.05, 0) is 42.0 Å². The molecule has 2 N–H and O–H groups in total. The zero-order chi connectivity index (χ0) is 18.4. The number of nitrogens with zero attached hydrogens (tertiary/aromatic N) is 1. The van der Waals surface area contributed by atoms with Crippen LogP contribution in [0.4, 0.5) is 5.69 Å². The van der Waals surface area contributed by atoms with Crippen molar-refractivity contribution in [2.24, 2.45) is 5.10 Å². The molecule has 1 aliphatic rings. The maximum atomic E-state index is 11.8. The molecule has 0 radical (unpaired) electrons. The summed E-state index contributed by atoms with van der Waals surface area (Å²) in [5.41, 5.74) is 3.73. The highest BCUT2D eigenvalue weighted by Crippen LogP contribution is 2.31.